The van der Waals surface area contributed by atoms with Gasteiger partial charge in [0.15, 0.2) is 0 Å². The molecule has 0 saturated heterocycles. The second-order valence-electron chi connectivity index (χ2n) is 5.56. The monoisotopic (exact) mass is 314 g/mol. The number of rotatable bonds is 5. The molecule has 0 radical (unpaired) electrons. The minimum absolute atomic E-state index is 0.0473. The fourth-order valence-electron chi connectivity index (χ4n) is 2.67. The van der Waals surface area contributed by atoms with Crippen molar-refractivity contribution in [3.8, 4) is 0 Å². The van der Waals surface area contributed by atoms with Gasteiger partial charge in [0.2, 0.25) is 11.1 Å². The average Bonchev–Trinajstić information content (AvgIpc) is 2.46. The Morgan fingerprint density at radius 2 is 2.24 bits per heavy atom. The highest BCUT2D eigenvalue weighted by Gasteiger charge is 2.33. The van der Waals surface area contributed by atoms with E-state index in [4.69, 9.17) is 11.6 Å². The molecule has 1 heterocycles. The predicted octanol–water partition coefficient (Wildman–Crippen LogP) is 2.78. The van der Waals surface area contributed by atoms with Gasteiger partial charge in [-0.2, -0.15) is 4.98 Å². The summed E-state index contributed by atoms with van der Waals surface area (Å²) >= 11 is 5.67. The van der Waals surface area contributed by atoms with E-state index in [9.17, 15) is 15.2 Å². The highest BCUT2D eigenvalue weighted by Crippen LogP contribution is 2.34. The molecule has 0 spiro atoms. The van der Waals surface area contributed by atoms with Gasteiger partial charge >= 0.3 is 5.69 Å². The van der Waals surface area contributed by atoms with Crippen LogP contribution in [0.25, 0.3) is 0 Å². The Hall–Kier alpha value is -1.47. The number of nitrogens with one attached hydrogen (secondary N) is 1. The Morgan fingerprint density at radius 1 is 1.57 bits per heavy atom. The molecule has 1 aliphatic rings. The molecule has 1 aromatic rings. The molecular formula is C13H19ClN4O3. The van der Waals surface area contributed by atoms with Crippen LogP contribution in [0.4, 0.5) is 11.5 Å². The van der Waals surface area contributed by atoms with Crippen LogP contribution in [0.1, 0.15) is 39.0 Å². The summed E-state index contributed by atoms with van der Waals surface area (Å²) in [5.74, 6) is 0.708. The number of nitrogens with zero attached hydrogens (tertiary/aromatic N) is 3. The summed E-state index contributed by atoms with van der Waals surface area (Å²) < 4.78 is 0. The first kappa shape index (κ1) is 15.9. The quantitative estimate of drug-likeness (QED) is 0.492. The molecular weight excluding hydrogens is 296 g/mol. The Bertz CT molecular complexity index is 518. The first-order valence-electron chi connectivity index (χ1n) is 7.07. The van der Waals surface area contributed by atoms with Crippen LogP contribution in [0.3, 0.4) is 0 Å². The second kappa shape index (κ2) is 6.53. The van der Waals surface area contributed by atoms with E-state index in [0.717, 1.165) is 25.5 Å². The highest BCUT2D eigenvalue weighted by molar-refractivity contribution is 6.28. The molecule has 2 rings (SSSR count). The molecule has 0 aliphatic heterocycles. The largest absolute Gasteiger partial charge is 0.388 e. The van der Waals surface area contributed by atoms with Gasteiger partial charge in [-0.25, -0.2) is 4.98 Å². The van der Waals surface area contributed by atoms with Gasteiger partial charge in [-0.3, -0.25) is 10.1 Å². The van der Waals surface area contributed by atoms with E-state index in [1.54, 1.807) is 0 Å². The molecule has 0 aromatic carbocycles. The van der Waals surface area contributed by atoms with Crippen molar-refractivity contribution < 1.29 is 10.0 Å². The SMILES string of the molecule is CCC1CCC(O)(CNc2nc(Cl)ncc2[N+](=O)[O-])CC1. The summed E-state index contributed by atoms with van der Waals surface area (Å²) in [7, 11) is 0. The number of aliphatic hydroxyl groups is 1. The zero-order valence-corrected chi connectivity index (χ0v) is 12.6. The summed E-state index contributed by atoms with van der Waals surface area (Å²) in [6, 6.07) is 0. The van der Waals surface area contributed by atoms with Gasteiger partial charge in [-0.1, -0.05) is 13.3 Å². The molecule has 0 amide bonds. The van der Waals surface area contributed by atoms with Gasteiger partial charge in [-0.15, -0.1) is 0 Å². The van der Waals surface area contributed by atoms with E-state index in [1.807, 2.05) is 0 Å². The van der Waals surface area contributed by atoms with E-state index >= 15 is 0 Å². The smallest absolute Gasteiger partial charge is 0.329 e. The Kier molecular flexibility index (Phi) is 4.95. The number of halogens is 1. The third kappa shape index (κ3) is 4.01. The van der Waals surface area contributed by atoms with Crippen molar-refractivity contribution in [2.24, 2.45) is 5.92 Å². The van der Waals surface area contributed by atoms with Crippen LogP contribution in [0.15, 0.2) is 6.20 Å². The average molecular weight is 315 g/mol. The number of anilines is 1. The number of hydrogen-bond acceptors (Lipinski definition) is 6. The van der Waals surface area contributed by atoms with Gasteiger partial charge < -0.3 is 10.4 Å². The maximum atomic E-state index is 10.9. The van der Waals surface area contributed by atoms with Crippen molar-refractivity contribution in [3.05, 3.63) is 21.6 Å². The molecule has 1 saturated carbocycles. The molecule has 0 unspecified atom stereocenters. The molecule has 2 N–H and O–H groups in total. The minimum atomic E-state index is -0.850. The van der Waals surface area contributed by atoms with Crippen LogP contribution in [0.5, 0.6) is 0 Å². The van der Waals surface area contributed by atoms with E-state index < -0.39 is 10.5 Å². The van der Waals surface area contributed by atoms with E-state index in [1.165, 1.54) is 0 Å². The maximum absolute atomic E-state index is 10.9. The standard InChI is InChI=1S/C13H19ClN4O3/c1-2-9-3-5-13(19,6-4-9)8-16-11-10(18(20)21)7-15-12(14)17-11/h7,9,19H,2-6,8H2,1H3,(H,15,16,17). The molecule has 1 aromatic heterocycles. The van der Waals surface area contributed by atoms with Crippen molar-refractivity contribution in [1.29, 1.82) is 0 Å². The lowest BCUT2D eigenvalue weighted by Crippen LogP contribution is -2.40. The van der Waals surface area contributed by atoms with Gasteiger partial charge in [0, 0.05) is 6.54 Å². The van der Waals surface area contributed by atoms with Gasteiger partial charge in [0.25, 0.3) is 0 Å². The van der Waals surface area contributed by atoms with E-state index in [-0.39, 0.29) is 23.3 Å². The summed E-state index contributed by atoms with van der Waals surface area (Å²) in [6.45, 7) is 2.37. The topological polar surface area (TPSA) is 101 Å². The molecule has 0 atom stereocenters. The molecule has 0 bridgehead atoms. The van der Waals surface area contributed by atoms with Crippen LogP contribution in [-0.4, -0.2) is 32.1 Å². The predicted molar refractivity (Wildman–Crippen MR) is 79.4 cm³/mol. The summed E-state index contributed by atoms with van der Waals surface area (Å²) in [4.78, 5) is 17.8. The molecule has 7 nitrogen and oxygen atoms in total. The fourth-order valence-corrected chi connectivity index (χ4v) is 2.80. The van der Waals surface area contributed by atoms with E-state index in [0.29, 0.717) is 18.8 Å². The van der Waals surface area contributed by atoms with Crippen LogP contribution in [-0.2, 0) is 0 Å². The number of nitro groups is 1. The van der Waals surface area contributed by atoms with Crippen molar-refractivity contribution in [3.63, 3.8) is 0 Å². The molecule has 1 aliphatic carbocycles. The van der Waals surface area contributed by atoms with Crippen molar-refractivity contribution in [1.82, 2.24) is 9.97 Å². The van der Waals surface area contributed by atoms with E-state index in [2.05, 4.69) is 22.2 Å². The maximum Gasteiger partial charge on any atom is 0.329 e. The Morgan fingerprint density at radius 3 is 2.81 bits per heavy atom. The number of aromatic nitrogens is 2. The van der Waals surface area contributed by atoms with Crippen molar-refractivity contribution >= 4 is 23.1 Å². The molecule has 116 valence electrons. The zero-order chi connectivity index (χ0) is 15.5. The highest BCUT2D eigenvalue weighted by atomic mass is 35.5. The second-order valence-corrected chi connectivity index (χ2v) is 5.90. The third-order valence-corrected chi connectivity index (χ3v) is 4.32. The normalized spacial score (nSPS) is 25.6. The summed E-state index contributed by atoms with van der Waals surface area (Å²) in [5.41, 5.74) is -1.10. The Labute approximate surface area is 127 Å². The lowest BCUT2D eigenvalue weighted by Gasteiger charge is -2.35. The van der Waals surface area contributed by atoms with Crippen LogP contribution in [0.2, 0.25) is 5.28 Å². The first-order chi connectivity index (χ1) is 9.93. The van der Waals surface area contributed by atoms with Gasteiger partial charge in [-0.05, 0) is 43.2 Å². The minimum Gasteiger partial charge on any atom is -0.388 e. The lowest BCUT2D eigenvalue weighted by molar-refractivity contribution is -0.384. The van der Waals surface area contributed by atoms with Crippen molar-refractivity contribution in [2.45, 2.75) is 44.6 Å². The van der Waals surface area contributed by atoms with Crippen LogP contribution < -0.4 is 5.32 Å². The third-order valence-electron chi connectivity index (χ3n) is 4.13. The molecule has 21 heavy (non-hydrogen) atoms. The first-order valence-corrected chi connectivity index (χ1v) is 7.44. The molecule has 8 heteroatoms. The lowest BCUT2D eigenvalue weighted by atomic mass is 9.78. The van der Waals surface area contributed by atoms with Crippen LogP contribution in [0, 0.1) is 16.0 Å². The van der Waals surface area contributed by atoms with Crippen molar-refractivity contribution in [2.75, 3.05) is 11.9 Å². The summed E-state index contributed by atoms with van der Waals surface area (Å²) in [5, 5.41) is 24.2. The fraction of sp³-hybridized carbons (Fsp3) is 0.692. The van der Waals surface area contributed by atoms with Gasteiger partial charge in [0.05, 0.1) is 10.5 Å². The number of hydrogen-bond donors (Lipinski definition) is 2. The Balaban J connectivity index is 2.03. The summed E-state index contributed by atoms with van der Waals surface area (Å²) in [6.07, 6.45) is 5.51. The molecule has 1 fully saturated rings. The zero-order valence-electron chi connectivity index (χ0n) is 11.9. The van der Waals surface area contributed by atoms with Crippen LogP contribution >= 0.6 is 11.6 Å². The van der Waals surface area contributed by atoms with Gasteiger partial charge in [0.1, 0.15) is 6.20 Å².